The minimum atomic E-state index is -1.51. The number of thiazole rings is 1. The molecular weight excluding hydrogens is 467 g/mol. The largest absolute Gasteiger partial charge is 0.334 e. The van der Waals surface area contributed by atoms with E-state index in [1.807, 2.05) is 10.1 Å². The molecule has 11 heteroatoms. The number of hydrogen-bond donors (Lipinski definition) is 0. The molecule has 2 amide bonds. The Morgan fingerprint density at radius 3 is 2.68 bits per heavy atom. The molecule has 0 N–H and O–H groups in total. The van der Waals surface area contributed by atoms with Crippen molar-refractivity contribution in [2.45, 2.75) is 38.9 Å². The maximum absolute atomic E-state index is 14.3. The summed E-state index contributed by atoms with van der Waals surface area (Å²) in [5.41, 5.74) is 3.14. The molecule has 3 heterocycles. The molecule has 2 aliphatic rings. The number of hydrogen-bond acceptors (Lipinski definition) is 5. The number of fused-ring (bicyclic) bond motifs is 1. The number of amides is 2. The molecule has 3 aromatic rings. The second kappa shape index (κ2) is 8.86. The zero-order valence-electron chi connectivity index (χ0n) is 18.4. The molecule has 1 aliphatic carbocycles. The first-order valence-electron chi connectivity index (χ1n) is 11.0. The van der Waals surface area contributed by atoms with E-state index in [-0.39, 0.29) is 24.7 Å². The van der Waals surface area contributed by atoms with E-state index in [9.17, 15) is 22.8 Å². The fraction of sp³-hybridized carbons (Fsp3) is 0.391. The van der Waals surface area contributed by atoms with E-state index in [0.29, 0.717) is 37.1 Å². The highest BCUT2D eigenvalue weighted by molar-refractivity contribution is 7.07. The molecule has 34 heavy (non-hydrogen) atoms. The number of rotatable bonds is 6. The molecule has 0 radical (unpaired) electrons. The first kappa shape index (κ1) is 22.6. The van der Waals surface area contributed by atoms with Crippen LogP contribution in [0.4, 0.5) is 13.2 Å². The van der Waals surface area contributed by atoms with E-state index in [2.05, 4.69) is 10.1 Å². The molecule has 178 valence electrons. The van der Waals surface area contributed by atoms with E-state index in [0.717, 1.165) is 30.3 Å². The Balaban J connectivity index is 1.45. The van der Waals surface area contributed by atoms with Crippen LogP contribution in [-0.2, 0) is 26.1 Å². The second-order valence-corrected chi connectivity index (χ2v) is 9.45. The van der Waals surface area contributed by atoms with Crippen LogP contribution < -0.4 is 0 Å². The van der Waals surface area contributed by atoms with Crippen LogP contribution in [-0.4, -0.2) is 50.0 Å². The van der Waals surface area contributed by atoms with Gasteiger partial charge in [0, 0.05) is 43.2 Å². The van der Waals surface area contributed by atoms with Crippen molar-refractivity contribution in [2.24, 2.45) is 5.92 Å². The number of carbonyl (C=O) groups is 2. The van der Waals surface area contributed by atoms with Crippen molar-refractivity contribution < 1.29 is 22.8 Å². The van der Waals surface area contributed by atoms with Crippen molar-refractivity contribution in [1.29, 1.82) is 0 Å². The quantitative estimate of drug-likeness (QED) is 0.496. The lowest BCUT2D eigenvalue weighted by Crippen LogP contribution is -2.38. The van der Waals surface area contributed by atoms with Crippen LogP contribution in [0.3, 0.4) is 0 Å². The van der Waals surface area contributed by atoms with E-state index >= 15 is 0 Å². The molecule has 1 aliphatic heterocycles. The Bertz CT molecular complexity index is 1260. The summed E-state index contributed by atoms with van der Waals surface area (Å²) in [6, 6.07) is 1.38. The van der Waals surface area contributed by atoms with Gasteiger partial charge in [-0.2, -0.15) is 5.10 Å². The summed E-state index contributed by atoms with van der Waals surface area (Å²) in [6.45, 7) is 1.13. The van der Waals surface area contributed by atoms with Crippen LogP contribution in [0.15, 0.2) is 23.0 Å². The molecule has 1 saturated carbocycles. The predicted octanol–water partition coefficient (Wildman–Crippen LogP) is 3.64. The van der Waals surface area contributed by atoms with Crippen LogP contribution in [0.25, 0.3) is 0 Å². The van der Waals surface area contributed by atoms with Gasteiger partial charge in [0.05, 0.1) is 24.3 Å². The average Bonchev–Trinajstić information content (AvgIpc) is 3.36. The van der Waals surface area contributed by atoms with Crippen LogP contribution >= 0.6 is 11.3 Å². The van der Waals surface area contributed by atoms with Gasteiger partial charge < -0.3 is 9.80 Å². The van der Waals surface area contributed by atoms with E-state index in [4.69, 9.17) is 0 Å². The third kappa shape index (κ3) is 4.20. The Morgan fingerprint density at radius 2 is 1.97 bits per heavy atom. The molecule has 0 atom stereocenters. The summed E-state index contributed by atoms with van der Waals surface area (Å²) in [5, 5.41) is 6.45. The standard InChI is InChI=1S/C23H22F3N5O2S/c1-29(9-14-11-34-12-27-14)23(33)21-15-10-30(7-6-18(15)31(28-21)8-13-2-3-13)22(32)19-16(24)4-5-17(25)20(19)26/h4-5,11-13H,2-3,6-10H2,1H3. The molecule has 7 nitrogen and oxygen atoms in total. The van der Waals surface area contributed by atoms with Gasteiger partial charge in [0.25, 0.3) is 11.8 Å². The van der Waals surface area contributed by atoms with Crippen molar-refractivity contribution in [2.75, 3.05) is 13.6 Å². The highest BCUT2D eigenvalue weighted by Crippen LogP contribution is 2.33. The number of benzene rings is 1. The van der Waals surface area contributed by atoms with Gasteiger partial charge in [-0.25, -0.2) is 18.2 Å². The fourth-order valence-corrected chi connectivity index (χ4v) is 4.77. The highest BCUT2D eigenvalue weighted by atomic mass is 32.1. The number of aromatic nitrogens is 3. The molecule has 1 aromatic carbocycles. The zero-order valence-corrected chi connectivity index (χ0v) is 19.2. The summed E-state index contributed by atoms with van der Waals surface area (Å²) in [6.07, 6.45) is 2.58. The van der Waals surface area contributed by atoms with E-state index in [1.165, 1.54) is 21.1 Å². The first-order chi connectivity index (χ1) is 16.3. The van der Waals surface area contributed by atoms with E-state index in [1.54, 1.807) is 12.6 Å². The normalized spacial score (nSPS) is 15.4. The average molecular weight is 490 g/mol. The fourth-order valence-electron chi connectivity index (χ4n) is 4.22. The lowest BCUT2D eigenvalue weighted by molar-refractivity contribution is 0.0711. The summed E-state index contributed by atoms with van der Waals surface area (Å²) >= 11 is 1.43. The molecular formula is C23H22F3N5O2S. The zero-order chi connectivity index (χ0) is 24.0. The van der Waals surface area contributed by atoms with Gasteiger partial charge in [-0.1, -0.05) is 0 Å². The van der Waals surface area contributed by atoms with Crippen molar-refractivity contribution >= 4 is 23.2 Å². The Morgan fingerprint density at radius 1 is 1.21 bits per heavy atom. The van der Waals surface area contributed by atoms with Gasteiger partial charge in [0.15, 0.2) is 17.3 Å². The van der Waals surface area contributed by atoms with Gasteiger partial charge in [-0.15, -0.1) is 11.3 Å². The van der Waals surface area contributed by atoms with Gasteiger partial charge in [0.2, 0.25) is 0 Å². The van der Waals surface area contributed by atoms with Gasteiger partial charge in [0.1, 0.15) is 11.4 Å². The third-order valence-corrected chi connectivity index (χ3v) is 6.87. The Hall–Kier alpha value is -3.21. The van der Waals surface area contributed by atoms with Crippen molar-refractivity contribution in [3.05, 3.63) is 68.7 Å². The Labute approximate surface area is 197 Å². The van der Waals surface area contributed by atoms with Gasteiger partial charge in [-0.3, -0.25) is 14.3 Å². The lowest BCUT2D eigenvalue weighted by Gasteiger charge is -2.28. The maximum Gasteiger partial charge on any atom is 0.274 e. The number of halogens is 3. The van der Waals surface area contributed by atoms with Crippen molar-refractivity contribution in [1.82, 2.24) is 24.6 Å². The SMILES string of the molecule is CN(Cc1cscn1)C(=O)c1nn(CC2CC2)c2c1CN(C(=O)c1c(F)ccc(F)c1F)CC2. The summed E-state index contributed by atoms with van der Waals surface area (Å²) in [7, 11) is 1.65. The lowest BCUT2D eigenvalue weighted by atomic mass is 10.0. The molecule has 0 unspecified atom stereocenters. The van der Waals surface area contributed by atoms with Crippen LogP contribution in [0.5, 0.6) is 0 Å². The summed E-state index contributed by atoms with van der Waals surface area (Å²) in [4.78, 5) is 33.2. The smallest absolute Gasteiger partial charge is 0.274 e. The minimum absolute atomic E-state index is 0.0418. The van der Waals surface area contributed by atoms with Gasteiger partial charge >= 0.3 is 0 Å². The van der Waals surface area contributed by atoms with Crippen LogP contribution in [0, 0.1) is 23.4 Å². The summed E-state index contributed by atoms with van der Waals surface area (Å²) in [5.74, 6) is -4.70. The second-order valence-electron chi connectivity index (χ2n) is 8.74. The van der Waals surface area contributed by atoms with Crippen LogP contribution in [0.1, 0.15) is 50.6 Å². The molecule has 0 bridgehead atoms. The van der Waals surface area contributed by atoms with Gasteiger partial charge in [-0.05, 0) is 30.9 Å². The Kier molecular flexibility index (Phi) is 5.88. The number of nitrogens with zero attached hydrogens (tertiary/aromatic N) is 5. The summed E-state index contributed by atoms with van der Waals surface area (Å²) < 4.78 is 44.0. The van der Waals surface area contributed by atoms with Crippen LogP contribution in [0.2, 0.25) is 0 Å². The highest BCUT2D eigenvalue weighted by Gasteiger charge is 2.35. The number of carbonyl (C=O) groups excluding carboxylic acids is 2. The maximum atomic E-state index is 14.3. The minimum Gasteiger partial charge on any atom is -0.334 e. The monoisotopic (exact) mass is 489 g/mol. The predicted molar refractivity (Wildman–Crippen MR) is 118 cm³/mol. The molecule has 5 rings (SSSR count). The van der Waals surface area contributed by atoms with E-state index < -0.39 is 28.9 Å². The third-order valence-electron chi connectivity index (χ3n) is 6.24. The topological polar surface area (TPSA) is 71.3 Å². The van der Waals surface area contributed by atoms with Crippen molar-refractivity contribution in [3.8, 4) is 0 Å². The molecule has 0 saturated heterocycles. The molecule has 0 spiro atoms. The molecule has 2 aromatic heterocycles. The molecule has 1 fully saturated rings. The first-order valence-corrected chi connectivity index (χ1v) is 11.9. The van der Waals surface area contributed by atoms with Crippen molar-refractivity contribution in [3.63, 3.8) is 0 Å².